The zero-order valence-electron chi connectivity index (χ0n) is 13.9. The molecule has 1 amide bonds. The summed E-state index contributed by atoms with van der Waals surface area (Å²) in [6.07, 6.45) is 1.44. The molecule has 1 N–H and O–H groups in total. The molecule has 0 radical (unpaired) electrons. The predicted molar refractivity (Wildman–Crippen MR) is 90.1 cm³/mol. The van der Waals surface area contributed by atoms with Crippen molar-refractivity contribution in [1.82, 2.24) is 13.9 Å². The average Bonchev–Trinajstić information content (AvgIpc) is 2.79. The summed E-state index contributed by atoms with van der Waals surface area (Å²) in [4.78, 5) is 14.0. The van der Waals surface area contributed by atoms with Gasteiger partial charge in [0, 0.05) is 32.7 Å². The molecule has 0 saturated carbocycles. The quantitative estimate of drug-likeness (QED) is 0.830. The van der Waals surface area contributed by atoms with Crippen LogP contribution in [0.3, 0.4) is 0 Å². The van der Waals surface area contributed by atoms with Gasteiger partial charge in [0.2, 0.25) is 5.91 Å². The predicted octanol–water partition coefficient (Wildman–Crippen LogP) is 1.15. The zero-order valence-corrected chi connectivity index (χ0v) is 14.7. The second-order valence-corrected chi connectivity index (χ2v) is 7.59. The van der Waals surface area contributed by atoms with E-state index in [0.717, 1.165) is 6.42 Å². The first kappa shape index (κ1) is 18.8. The molecule has 8 heteroatoms. The van der Waals surface area contributed by atoms with Crippen molar-refractivity contribution < 1.29 is 17.6 Å². The molecule has 1 aromatic carbocycles. The van der Waals surface area contributed by atoms with Crippen molar-refractivity contribution in [3.05, 3.63) is 35.6 Å². The number of halogens is 1. The minimum absolute atomic E-state index is 0.110. The van der Waals surface area contributed by atoms with Gasteiger partial charge in [-0.05, 0) is 30.5 Å². The van der Waals surface area contributed by atoms with Gasteiger partial charge in [-0.2, -0.15) is 12.7 Å². The maximum absolute atomic E-state index is 13.2. The van der Waals surface area contributed by atoms with E-state index in [9.17, 15) is 17.6 Å². The van der Waals surface area contributed by atoms with Crippen molar-refractivity contribution in [3.63, 3.8) is 0 Å². The highest BCUT2D eigenvalue weighted by atomic mass is 32.2. The molecule has 0 spiro atoms. The lowest BCUT2D eigenvalue weighted by molar-refractivity contribution is -0.130. The molecule has 1 heterocycles. The lowest BCUT2D eigenvalue weighted by Gasteiger charge is -2.22. The van der Waals surface area contributed by atoms with Crippen molar-refractivity contribution >= 4 is 16.1 Å². The molecule has 1 aliphatic rings. The normalized spacial score (nSPS) is 16.8. The first-order valence-corrected chi connectivity index (χ1v) is 9.63. The summed E-state index contributed by atoms with van der Waals surface area (Å²) in [6, 6.07) is 5.98. The van der Waals surface area contributed by atoms with Gasteiger partial charge < -0.3 is 4.90 Å². The Morgan fingerprint density at radius 3 is 2.75 bits per heavy atom. The third-order valence-corrected chi connectivity index (χ3v) is 5.54. The number of hydrogen-bond acceptors (Lipinski definition) is 3. The van der Waals surface area contributed by atoms with Crippen molar-refractivity contribution in [3.8, 4) is 0 Å². The van der Waals surface area contributed by atoms with Crippen LogP contribution >= 0.6 is 0 Å². The third kappa shape index (κ3) is 5.25. The second-order valence-electron chi connectivity index (χ2n) is 5.84. The Morgan fingerprint density at radius 2 is 2.04 bits per heavy atom. The van der Waals surface area contributed by atoms with Gasteiger partial charge >= 0.3 is 0 Å². The second kappa shape index (κ2) is 8.55. The molecule has 0 aromatic heterocycles. The monoisotopic (exact) mass is 357 g/mol. The Hall–Kier alpha value is -1.51. The van der Waals surface area contributed by atoms with E-state index in [1.165, 1.54) is 16.4 Å². The molecule has 1 fully saturated rings. The molecule has 2 rings (SSSR count). The fourth-order valence-corrected chi connectivity index (χ4v) is 3.98. The van der Waals surface area contributed by atoms with Gasteiger partial charge in [-0.25, -0.2) is 9.11 Å². The number of nitrogens with one attached hydrogen (secondary N) is 1. The van der Waals surface area contributed by atoms with E-state index in [0.29, 0.717) is 38.2 Å². The standard InChI is InChI=1S/C16H24FN3O3S/c1-2-7-18-24(22,23)20-9-4-8-19(10-11-20)16(21)13-14-5-3-6-15(17)12-14/h3,5-6,12,18H,2,4,7-11,13H2,1H3. The van der Waals surface area contributed by atoms with Crippen LogP contribution in [-0.2, 0) is 21.4 Å². The molecule has 0 atom stereocenters. The fraction of sp³-hybridized carbons (Fsp3) is 0.562. The average molecular weight is 357 g/mol. The molecule has 1 saturated heterocycles. The number of amides is 1. The van der Waals surface area contributed by atoms with Gasteiger partial charge in [0.05, 0.1) is 6.42 Å². The Kier molecular flexibility index (Phi) is 6.70. The largest absolute Gasteiger partial charge is 0.341 e. The first-order chi connectivity index (χ1) is 11.4. The smallest absolute Gasteiger partial charge is 0.279 e. The summed E-state index contributed by atoms with van der Waals surface area (Å²) >= 11 is 0. The van der Waals surface area contributed by atoms with E-state index < -0.39 is 10.2 Å². The van der Waals surface area contributed by atoms with Gasteiger partial charge in [-0.1, -0.05) is 19.1 Å². The number of nitrogens with zero attached hydrogens (tertiary/aromatic N) is 2. The van der Waals surface area contributed by atoms with Crippen molar-refractivity contribution in [2.24, 2.45) is 0 Å². The SMILES string of the molecule is CCCNS(=O)(=O)N1CCCN(C(=O)Cc2cccc(F)c2)CC1. The van der Waals surface area contributed by atoms with Gasteiger partial charge in [0.1, 0.15) is 5.82 Å². The van der Waals surface area contributed by atoms with E-state index >= 15 is 0 Å². The Labute approximate surface area is 142 Å². The van der Waals surface area contributed by atoms with Crippen LogP contribution in [0.15, 0.2) is 24.3 Å². The number of carbonyl (C=O) groups excluding carboxylic acids is 1. The maximum atomic E-state index is 13.2. The summed E-state index contributed by atoms with van der Waals surface area (Å²) in [5.41, 5.74) is 0.623. The molecule has 0 unspecified atom stereocenters. The van der Waals surface area contributed by atoms with Crippen LogP contribution < -0.4 is 4.72 Å². The number of carbonyl (C=O) groups is 1. The summed E-state index contributed by atoms with van der Waals surface area (Å²) in [5, 5.41) is 0. The molecule has 0 aliphatic carbocycles. The van der Waals surface area contributed by atoms with Gasteiger partial charge in [0.15, 0.2) is 0 Å². The van der Waals surface area contributed by atoms with E-state index in [2.05, 4.69) is 4.72 Å². The van der Waals surface area contributed by atoms with Crippen LogP contribution in [0.25, 0.3) is 0 Å². The fourth-order valence-electron chi connectivity index (χ4n) is 2.64. The summed E-state index contributed by atoms with van der Waals surface area (Å²) in [5.74, 6) is -0.475. The number of hydrogen-bond donors (Lipinski definition) is 1. The van der Waals surface area contributed by atoms with Gasteiger partial charge in [-0.15, -0.1) is 0 Å². The van der Waals surface area contributed by atoms with E-state index in [1.807, 2.05) is 6.92 Å². The van der Waals surface area contributed by atoms with Crippen LogP contribution in [-0.4, -0.2) is 56.3 Å². The van der Waals surface area contributed by atoms with Crippen LogP contribution in [0.4, 0.5) is 4.39 Å². The van der Waals surface area contributed by atoms with Crippen LogP contribution in [0.5, 0.6) is 0 Å². The number of rotatable bonds is 6. The maximum Gasteiger partial charge on any atom is 0.279 e. The Bertz CT molecular complexity index is 666. The highest BCUT2D eigenvalue weighted by Crippen LogP contribution is 2.11. The zero-order chi connectivity index (χ0) is 17.6. The molecule has 0 bridgehead atoms. The van der Waals surface area contributed by atoms with Crippen LogP contribution in [0, 0.1) is 5.82 Å². The summed E-state index contributed by atoms with van der Waals surface area (Å²) in [6.45, 7) is 3.82. The number of benzene rings is 1. The molecule has 1 aromatic rings. The molecule has 1 aliphatic heterocycles. The van der Waals surface area contributed by atoms with Crippen LogP contribution in [0.1, 0.15) is 25.3 Å². The highest BCUT2D eigenvalue weighted by Gasteiger charge is 2.26. The van der Waals surface area contributed by atoms with Gasteiger partial charge in [-0.3, -0.25) is 4.79 Å². The first-order valence-electron chi connectivity index (χ1n) is 8.19. The summed E-state index contributed by atoms with van der Waals surface area (Å²) in [7, 11) is -3.49. The Balaban J connectivity index is 1.94. The highest BCUT2D eigenvalue weighted by molar-refractivity contribution is 7.87. The van der Waals surface area contributed by atoms with Crippen molar-refractivity contribution in [1.29, 1.82) is 0 Å². The lowest BCUT2D eigenvalue weighted by Crippen LogP contribution is -2.43. The molecule has 134 valence electrons. The van der Waals surface area contributed by atoms with E-state index in [4.69, 9.17) is 0 Å². The van der Waals surface area contributed by atoms with Crippen molar-refractivity contribution in [2.45, 2.75) is 26.2 Å². The minimum atomic E-state index is -3.49. The minimum Gasteiger partial charge on any atom is -0.341 e. The topological polar surface area (TPSA) is 69.7 Å². The van der Waals surface area contributed by atoms with Crippen LogP contribution in [0.2, 0.25) is 0 Å². The molecule has 6 nitrogen and oxygen atoms in total. The molecular weight excluding hydrogens is 333 g/mol. The third-order valence-electron chi connectivity index (χ3n) is 3.93. The van der Waals surface area contributed by atoms with Gasteiger partial charge in [0.25, 0.3) is 10.2 Å². The molecule has 24 heavy (non-hydrogen) atoms. The van der Waals surface area contributed by atoms with E-state index in [-0.39, 0.29) is 24.7 Å². The lowest BCUT2D eigenvalue weighted by atomic mass is 10.1. The molecular formula is C16H24FN3O3S. The Morgan fingerprint density at radius 1 is 1.25 bits per heavy atom. The summed E-state index contributed by atoms with van der Waals surface area (Å²) < 4.78 is 41.5. The van der Waals surface area contributed by atoms with E-state index in [1.54, 1.807) is 17.0 Å². The van der Waals surface area contributed by atoms with Crippen molar-refractivity contribution in [2.75, 3.05) is 32.7 Å².